The van der Waals surface area contributed by atoms with Crippen LogP contribution in [-0.2, 0) is 6.54 Å². The van der Waals surface area contributed by atoms with E-state index in [2.05, 4.69) is 10.3 Å². The Balaban J connectivity index is 1.67. The first-order valence-corrected chi connectivity index (χ1v) is 7.79. The molecule has 1 aromatic heterocycles. The Hall–Kier alpha value is -3.35. The number of ether oxygens (including phenoxy) is 2. The van der Waals surface area contributed by atoms with Crippen LogP contribution in [0.3, 0.4) is 0 Å². The highest BCUT2D eigenvalue weighted by atomic mass is 16.7. The summed E-state index contributed by atoms with van der Waals surface area (Å²) in [4.78, 5) is 15.2. The van der Waals surface area contributed by atoms with Crippen molar-refractivity contribution in [2.45, 2.75) is 13.5 Å². The Morgan fingerprint density at radius 2 is 2.04 bits per heavy atom. The van der Waals surface area contributed by atoms with Crippen LogP contribution in [0.2, 0.25) is 0 Å². The molecule has 1 aliphatic heterocycles. The lowest BCUT2D eigenvalue weighted by molar-refractivity contribution is -0.383. The maximum absolute atomic E-state index is 11.2. The van der Waals surface area contributed by atoms with Gasteiger partial charge in [0.1, 0.15) is 0 Å². The van der Waals surface area contributed by atoms with Gasteiger partial charge in [-0.1, -0.05) is 18.2 Å². The van der Waals surface area contributed by atoms with Crippen LogP contribution in [0.5, 0.6) is 11.5 Å². The van der Waals surface area contributed by atoms with E-state index >= 15 is 0 Å². The number of rotatable bonds is 4. The van der Waals surface area contributed by atoms with Crippen molar-refractivity contribution < 1.29 is 14.4 Å². The molecule has 0 saturated carbocycles. The number of nitrogens with one attached hydrogen (secondary N) is 1. The van der Waals surface area contributed by atoms with Crippen molar-refractivity contribution in [1.82, 2.24) is 4.98 Å². The molecule has 25 heavy (non-hydrogen) atoms. The van der Waals surface area contributed by atoms with E-state index in [4.69, 9.17) is 9.47 Å². The zero-order valence-corrected chi connectivity index (χ0v) is 13.5. The number of aryl methyl sites for hydroxylation is 1. The van der Waals surface area contributed by atoms with E-state index in [-0.39, 0.29) is 12.5 Å². The lowest BCUT2D eigenvalue weighted by Gasteiger charge is -2.11. The van der Waals surface area contributed by atoms with E-state index in [0.717, 1.165) is 33.8 Å². The van der Waals surface area contributed by atoms with Crippen LogP contribution >= 0.6 is 0 Å². The Bertz CT molecular complexity index is 987. The molecule has 4 rings (SSSR count). The first kappa shape index (κ1) is 15.2. The van der Waals surface area contributed by atoms with E-state index in [9.17, 15) is 10.1 Å². The van der Waals surface area contributed by atoms with Gasteiger partial charge in [-0.25, -0.2) is 4.98 Å². The lowest BCUT2D eigenvalue weighted by Crippen LogP contribution is -2.02. The normalized spacial score (nSPS) is 12.4. The number of pyridine rings is 1. The topological polar surface area (TPSA) is 86.5 Å². The zero-order valence-electron chi connectivity index (χ0n) is 13.5. The smallest absolute Gasteiger partial charge is 0.295 e. The van der Waals surface area contributed by atoms with Crippen molar-refractivity contribution in [3.05, 3.63) is 63.8 Å². The van der Waals surface area contributed by atoms with Crippen LogP contribution in [0.15, 0.2) is 42.5 Å². The van der Waals surface area contributed by atoms with Crippen molar-refractivity contribution in [1.29, 1.82) is 0 Å². The van der Waals surface area contributed by atoms with Gasteiger partial charge in [-0.3, -0.25) is 10.1 Å². The summed E-state index contributed by atoms with van der Waals surface area (Å²) in [6.07, 6.45) is 0. The first-order chi connectivity index (χ1) is 12.1. The first-order valence-electron chi connectivity index (χ1n) is 7.79. The summed E-state index contributed by atoms with van der Waals surface area (Å²) in [6.45, 7) is 2.61. The van der Waals surface area contributed by atoms with Gasteiger partial charge in [0.05, 0.1) is 4.92 Å². The summed E-state index contributed by atoms with van der Waals surface area (Å²) in [5.41, 5.74) is 2.95. The highest BCUT2D eigenvalue weighted by molar-refractivity contribution is 5.96. The van der Waals surface area contributed by atoms with Crippen molar-refractivity contribution in [3.63, 3.8) is 0 Å². The number of hydrogen-bond donors (Lipinski definition) is 1. The quantitative estimate of drug-likeness (QED) is 0.576. The molecule has 0 saturated heterocycles. The molecular weight excluding hydrogens is 322 g/mol. The number of nitro groups is 1. The molecule has 0 aliphatic carbocycles. The van der Waals surface area contributed by atoms with Crippen molar-refractivity contribution in [3.8, 4) is 11.5 Å². The van der Waals surface area contributed by atoms with Crippen molar-refractivity contribution in [2.75, 3.05) is 12.1 Å². The number of fused-ring (bicyclic) bond motifs is 2. The molecule has 0 unspecified atom stereocenters. The molecule has 0 bridgehead atoms. The molecule has 1 aliphatic rings. The average Bonchev–Trinajstić information content (AvgIpc) is 3.06. The van der Waals surface area contributed by atoms with Gasteiger partial charge in [-0.2, -0.15) is 0 Å². The second-order valence-corrected chi connectivity index (χ2v) is 5.78. The van der Waals surface area contributed by atoms with Gasteiger partial charge in [0, 0.05) is 29.4 Å². The van der Waals surface area contributed by atoms with Gasteiger partial charge in [0.15, 0.2) is 17.0 Å². The number of anilines is 1. The standard InChI is InChI=1S/C18H15N3O4/c1-11-7-14(13-3-2-4-15(21(22)23)18(13)20-11)19-9-12-5-6-16-17(8-12)25-10-24-16/h2-8H,9-10H2,1H3,(H,19,20). The van der Waals surface area contributed by atoms with E-state index in [0.29, 0.717) is 12.1 Å². The maximum atomic E-state index is 11.2. The number of nitrogens with zero attached hydrogens (tertiary/aromatic N) is 2. The number of aromatic nitrogens is 1. The fourth-order valence-corrected chi connectivity index (χ4v) is 2.90. The third-order valence-electron chi connectivity index (χ3n) is 4.06. The molecule has 7 nitrogen and oxygen atoms in total. The van der Waals surface area contributed by atoms with Crippen LogP contribution in [0.25, 0.3) is 10.9 Å². The molecule has 2 aromatic carbocycles. The number of nitro benzene ring substituents is 1. The summed E-state index contributed by atoms with van der Waals surface area (Å²) < 4.78 is 10.7. The summed E-state index contributed by atoms with van der Waals surface area (Å²) in [5.74, 6) is 1.47. The predicted molar refractivity (Wildman–Crippen MR) is 93.0 cm³/mol. The Labute approximate surface area is 143 Å². The summed E-state index contributed by atoms with van der Waals surface area (Å²) in [7, 11) is 0. The van der Waals surface area contributed by atoms with Crippen LogP contribution < -0.4 is 14.8 Å². The second kappa shape index (κ2) is 5.94. The minimum atomic E-state index is -0.406. The summed E-state index contributed by atoms with van der Waals surface area (Å²) >= 11 is 0. The van der Waals surface area contributed by atoms with Gasteiger partial charge in [0.2, 0.25) is 6.79 Å². The van der Waals surface area contributed by atoms with E-state index in [1.54, 1.807) is 6.07 Å². The Morgan fingerprint density at radius 3 is 2.88 bits per heavy atom. The highest BCUT2D eigenvalue weighted by Gasteiger charge is 2.16. The van der Waals surface area contributed by atoms with Gasteiger partial charge < -0.3 is 14.8 Å². The molecule has 7 heteroatoms. The van der Waals surface area contributed by atoms with Crippen molar-refractivity contribution in [2.24, 2.45) is 0 Å². The van der Waals surface area contributed by atoms with Crippen LogP contribution in [0.4, 0.5) is 11.4 Å². The molecule has 0 radical (unpaired) electrons. The molecule has 0 fully saturated rings. The predicted octanol–water partition coefficient (Wildman–Crippen LogP) is 3.79. The van der Waals surface area contributed by atoms with Crippen LogP contribution in [0, 0.1) is 17.0 Å². The summed E-state index contributed by atoms with van der Waals surface area (Å²) in [6, 6.07) is 12.6. The minimum Gasteiger partial charge on any atom is -0.454 e. The monoisotopic (exact) mass is 337 g/mol. The zero-order chi connectivity index (χ0) is 17.4. The number of para-hydroxylation sites is 1. The average molecular weight is 337 g/mol. The number of hydrogen-bond acceptors (Lipinski definition) is 6. The number of benzene rings is 2. The van der Waals surface area contributed by atoms with Gasteiger partial charge in [-0.05, 0) is 30.7 Å². The van der Waals surface area contributed by atoms with Gasteiger partial charge in [-0.15, -0.1) is 0 Å². The molecule has 0 atom stereocenters. The van der Waals surface area contributed by atoms with Gasteiger partial charge in [0.25, 0.3) is 5.69 Å². The van der Waals surface area contributed by atoms with Gasteiger partial charge >= 0.3 is 0 Å². The minimum absolute atomic E-state index is 0.00679. The van der Waals surface area contributed by atoms with E-state index in [1.807, 2.05) is 37.3 Å². The molecule has 1 N–H and O–H groups in total. The van der Waals surface area contributed by atoms with Crippen LogP contribution in [-0.4, -0.2) is 16.7 Å². The molecule has 0 spiro atoms. The SMILES string of the molecule is Cc1cc(NCc2ccc3c(c2)OCO3)c2cccc([N+](=O)[O-])c2n1. The third kappa shape index (κ3) is 2.80. The molecule has 0 amide bonds. The molecule has 3 aromatic rings. The summed E-state index contributed by atoms with van der Waals surface area (Å²) in [5, 5.41) is 15.3. The van der Waals surface area contributed by atoms with E-state index < -0.39 is 4.92 Å². The fourth-order valence-electron chi connectivity index (χ4n) is 2.90. The van der Waals surface area contributed by atoms with E-state index in [1.165, 1.54) is 6.07 Å². The van der Waals surface area contributed by atoms with Crippen LogP contribution in [0.1, 0.15) is 11.3 Å². The number of non-ortho nitro benzene ring substituents is 1. The lowest BCUT2D eigenvalue weighted by atomic mass is 10.1. The Morgan fingerprint density at radius 1 is 1.20 bits per heavy atom. The molecule has 126 valence electrons. The Kier molecular flexibility index (Phi) is 3.61. The maximum Gasteiger partial charge on any atom is 0.295 e. The molecular formula is C18H15N3O4. The third-order valence-corrected chi connectivity index (χ3v) is 4.06. The second-order valence-electron chi connectivity index (χ2n) is 5.78. The highest BCUT2D eigenvalue weighted by Crippen LogP contribution is 2.33. The fraction of sp³-hybridized carbons (Fsp3) is 0.167. The van der Waals surface area contributed by atoms with Crippen molar-refractivity contribution >= 4 is 22.3 Å². The largest absolute Gasteiger partial charge is 0.454 e. The molecule has 2 heterocycles.